The van der Waals surface area contributed by atoms with E-state index in [9.17, 15) is 13.2 Å². The van der Waals surface area contributed by atoms with Crippen molar-refractivity contribution in [2.24, 2.45) is 0 Å². The number of thiophene rings is 1. The second-order valence-corrected chi connectivity index (χ2v) is 9.52. The lowest BCUT2D eigenvalue weighted by Crippen LogP contribution is -2.32. The number of sulfone groups is 1. The largest absolute Gasteiger partial charge is 0.468 e. The highest BCUT2D eigenvalue weighted by atomic mass is 32.2. The van der Waals surface area contributed by atoms with Gasteiger partial charge in [0.15, 0.2) is 9.84 Å². The highest BCUT2D eigenvalue weighted by molar-refractivity contribution is 7.91. The van der Waals surface area contributed by atoms with Gasteiger partial charge in [0.1, 0.15) is 11.0 Å². The first kappa shape index (κ1) is 19.4. The Morgan fingerprint density at radius 3 is 2.59 bits per heavy atom. The highest BCUT2D eigenvalue weighted by Crippen LogP contribution is 2.30. The van der Waals surface area contributed by atoms with Crippen molar-refractivity contribution in [3.05, 3.63) is 75.9 Å². The first-order chi connectivity index (χ1) is 12.9. The van der Waals surface area contributed by atoms with E-state index in [1.54, 1.807) is 30.3 Å². The SMILES string of the molecule is Cc1ccc(S(=O)(=O)[C@H](CNC(=O)Cc2cccs2)c2ccco2)cc1C. The summed E-state index contributed by atoms with van der Waals surface area (Å²) in [7, 11) is -3.73. The molecule has 0 bridgehead atoms. The van der Waals surface area contributed by atoms with Gasteiger partial charge in [0.2, 0.25) is 5.91 Å². The average molecular weight is 404 g/mol. The predicted octanol–water partition coefficient (Wildman–Crippen LogP) is 3.83. The minimum Gasteiger partial charge on any atom is -0.468 e. The van der Waals surface area contributed by atoms with Crippen LogP contribution in [0.25, 0.3) is 0 Å². The normalized spacial score (nSPS) is 12.7. The van der Waals surface area contributed by atoms with E-state index in [4.69, 9.17) is 4.42 Å². The molecule has 0 aliphatic heterocycles. The number of benzene rings is 1. The van der Waals surface area contributed by atoms with Gasteiger partial charge >= 0.3 is 0 Å². The van der Waals surface area contributed by atoms with Crippen LogP contribution in [0.3, 0.4) is 0 Å². The lowest BCUT2D eigenvalue weighted by molar-refractivity contribution is -0.120. The van der Waals surface area contributed by atoms with Crippen molar-refractivity contribution in [1.82, 2.24) is 5.32 Å². The molecule has 0 spiro atoms. The fourth-order valence-electron chi connectivity index (χ4n) is 2.73. The van der Waals surface area contributed by atoms with Crippen molar-refractivity contribution in [2.75, 3.05) is 6.54 Å². The molecule has 0 saturated carbocycles. The number of amides is 1. The third-order valence-corrected chi connectivity index (χ3v) is 7.38. The maximum Gasteiger partial charge on any atom is 0.225 e. The average Bonchev–Trinajstić information content (AvgIpc) is 3.31. The number of nitrogens with one attached hydrogen (secondary N) is 1. The molecule has 0 fully saturated rings. The van der Waals surface area contributed by atoms with Gasteiger partial charge in [-0.3, -0.25) is 4.79 Å². The molecule has 0 aliphatic carbocycles. The van der Waals surface area contributed by atoms with Crippen LogP contribution in [-0.4, -0.2) is 20.9 Å². The smallest absolute Gasteiger partial charge is 0.225 e. The predicted molar refractivity (Wildman–Crippen MR) is 106 cm³/mol. The van der Waals surface area contributed by atoms with E-state index in [0.717, 1.165) is 16.0 Å². The van der Waals surface area contributed by atoms with Crippen molar-refractivity contribution in [3.63, 3.8) is 0 Å². The van der Waals surface area contributed by atoms with Crippen LogP contribution in [0.1, 0.15) is 27.0 Å². The molecule has 0 unspecified atom stereocenters. The Hall–Kier alpha value is -2.38. The van der Waals surface area contributed by atoms with E-state index < -0.39 is 15.1 Å². The molecular weight excluding hydrogens is 382 g/mol. The van der Waals surface area contributed by atoms with Gasteiger partial charge in [-0.05, 0) is 60.7 Å². The second kappa shape index (κ2) is 8.10. The summed E-state index contributed by atoms with van der Waals surface area (Å²) in [5.41, 5.74) is 1.92. The molecular formula is C20H21NO4S2. The van der Waals surface area contributed by atoms with Crippen molar-refractivity contribution in [2.45, 2.75) is 30.4 Å². The Labute approximate surface area is 163 Å². The molecule has 1 atom stereocenters. The molecule has 1 N–H and O–H groups in total. The van der Waals surface area contributed by atoms with Crippen LogP contribution in [0.4, 0.5) is 0 Å². The van der Waals surface area contributed by atoms with Gasteiger partial charge in [-0.2, -0.15) is 0 Å². The summed E-state index contributed by atoms with van der Waals surface area (Å²) in [5, 5.41) is 3.66. The van der Waals surface area contributed by atoms with Crippen molar-refractivity contribution >= 4 is 27.1 Å². The number of hydrogen-bond donors (Lipinski definition) is 1. The molecule has 2 heterocycles. The van der Waals surface area contributed by atoms with E-state index in [1.807, 2.05) is 31.4 Å². The Bertz CT molecular complexity index is 1010. The monoisotopic (exact) mass is 403 g/mol. The molecule has 0 radical (unpaired) electrons. The van der Waals surface area contributed by atoms with Gasteiger partial charge in [0, 0.05) is 11.4 Å². The molecule has 27 heavy (non-hydrogen) atoms. The zero-order valence-electron chi connectivity index (χ0n) is 15.1. The summed E-state index contributed by atoms with van der Waals surface area (Å²) >= 11 is 1.49. The van der Waals surface area contributed by atoms with Crippen LogP contribution in [0, 0.1) is 13.8 Å². The van der Waals surface area contributed by atoms with E-state index >= 15 is 0 Å². The van der Waals surface area contributed by atoms with Gasteiger partial charge in [-0.1, -0.05) is 12.1 Å². The Kier molecular flexibility index (Phi) is 5.82. The minimum atomic E-state index is -3.73. The van der Waals surface area contributed by atoms with Crippen LogP contribution in [0.5, 0.6) is 0 Å². The molecule has 2 aromatic heterocycles. The Morgan fingerprint density at radius 1 is 1.15 bits per heavy atom. The molecule has 1 aromatic carbocycles. The van der Waals surface area contributed by atoms with Gasteiger partial charge in [-0.25, -0.2) is 8.42 Å². The highest BCUT2D eigenvalue weighted by Gasteiger charge is 2.32. The van der Waals surface area contributed by atoms with Crippen LogP contribution in [0.2, 0.25) is 0 Å². The maximum atomic E-state index is 13.2. The third kappa shape index (κ3) is 4.48. The summed E-state index contributed by atoms with van der Waals surface area (Å²) in [4.78, 5) is 13.4. The number of hydrogen-bond acceptors (Lipinski definition) is 5. The summed E-state index contributed by atoms with van der Waals surface area (Å²) in [6.45, 7) is 3.76. The molecule has 5 nitrogen and oxygen atoms in total. The fourth-order valence-corrected chi connectivity index (χ4v) is 5.11. The summed E-state index contributed by atoms with van der Waals surface area (Å²) in [5.74, 6) is 0.0916. The second-order valence-electron chi connectivity index (χ2n) is 6.36. The molecule has 0 saturated heterocycles. The number of carbonyl (C=O) groups excluding carboxylic acids is 1. The fraction of sp³-hybridized carbons (Fsp3) is 0.250. The summed E-state index contributed by atoms with van der Waals surface area (Å²) in [6.07, 6.45) is 1.66. The molecule has 7 heteroatoms. The number of furan rings is 1. The van der Waals surface area contributed by atoms with Crippen molar-refractivity contribution in [3.8, 4) is 0 Å². The first-order valence-corrected chi connectivity index (χ1v) is 10.9. The molecule has 142 valence electrons. The van der Waals surface area contributed by atoms with E-state index in [-0.39, 0.29) is 23.8 Å². The number of carbonyl (C=O) groups is 1. The zero-order chi connectivity index (χ0) is 19.4. The van der Waals surface area contributed by atoms with Crippen LogP contribution < -0.4 is 5.32 Å². The molecule has 1 amide bonds. The maximum absolute atomic E-state index is 13.2. The lowest BCUT2D eigenvalue weighted by atomic mass is 10.1. The van der Waals surface area contributed by atoms with Gasteiger partial charge in [0.25, 0.3) is 0 Å². The standard InChI is InChI=1S/C20H21NO4S2/c1-14-7-8-17(11-15(14)2)27(23,24)19(18-6-3-9-25-18)13-21-20(22)12-16-5-4-10-26-16/h3-11,19H,12-13H2,1-2H3,(H,21,22)/t19-/m1/s1. The number of rotatable bonds is 7. The first-order valence-electron chi connectivity index (χ1n) is 8.51. The molecule has 3 rings (SSSR count). The summed E-state index contributed by atoms with van der Waals surface area (Å²) in [6, 6.07) is 12.1. The minimum absolute atomic E-state index is 0.0486. The van der Waals surface area contributed by atoms with Crippen LogP contribution in [0.15, 0.2) is 63.4 Å². The zero-order valence-corrected chi connectivity index (χ0v) is 16.8. The number of aryl methyl sites for hydroxylation is 2. The Morgan fingerprint density at radius 2 is 1.96 bits per heavy atom. The quantitative estimate of drug-likeness (QED) is 0.650. The van der Waals surface area contributed by atoms with E-state index in [0.29, 0.717) is 5.76 Å². The van der Waals surface area contributed by atoms with Gasteiger partial charge in [-0.15, -0.1) is 11.3 Å². The van der Waals surface area contributed by atoms with E-state index in [2.05, 4.69) is 5.32 Å². The lowest BCUT2D eigenvalue weighted by Gasteiger charge is -2.17. The van der Waals surface area contributed by atoms with Crippen LogP contribution in [-0.2, 0) is 21.1 Å². The van der Waals surface area contributed by atoms with Gasteiger partial charge < -0.3 is 9.73 Å². The van der Waals surface area contributed by atoms with Crippen molar-refractivity contribution < 1.29 is 17.6 Å². The van der Waals surface area contributed by atoms with Crippen molar-refractivity contribution in [1.29, 1.82) is 0 Å². The van der Waals surface area contributed by atoms with Crippen LogP contribution >= 0.6 is 11.3 Å². The van der Waals surface area contributed by atoms with E-state index in [1.165, 1.54) is 17.6 Å². The van der Waals surface area contributed by atoms with Gasteiger partial charge in [0.05, 0.1) is 17.6 Å². The molecule has 0 aliphatic rings. The Balaban J connectivity index is 1.83. The molecule has 3 aromatic rings. The summed E-state index contributed by atoms with van der Waals surface area (Å²) < 4.78 is 31.8. The third-order valence-electron chi connectivity index (χ3n) is 4.44. The topological polar surface area (TPSA) is 76.4 Å².